The molecule has 130 valence electrons. The van der Waals surface area contributed by atoms with E-state index in [1.54, 1.807) is 12.1 Å². The highest BCUT2D eigenvalue weighted by atomic mass is 32.2. The third kappa shape index (κ3) is 4.93. The van der Waals surface area contributed by atoms with Gasteiger partial charge in [-0.15, -0.1) is 0 Å². The third-order valence-electron chi connectivity index (χ3n) is 3.27. The smallest absolute Gasteiger partial charge is 0.316 e. The lowest BCUT2D eigenvalue weighted by Gasteiger charge is -2.05. The Morgan fingerprint density at radius 2 is 1.48 bits per heavy atom. The number of primary sulfonamides is 1. The summed E-state index contributed by atoms with van der Waals surface area (Å²) in [5.41, 5.74) is 11.3. The lowest BCUT2D eigenvalue weighted by Crippen LogP contribution is -2.19. The summed E-state index contributed by atoms with van der Waals surface area (Å²) in [6, 6.07) is 19.0. The molecule has 3 aromatic carbocycles. The Kier molecular flexibility index (Phi) is 5.58. The first-order chi connectivity index (χ1) is 11.8. The number of hydrogen-bond donors (Lipinski definition) is 4. The van der Waals surface area contributed by atoms with Gasteiger partial charge < -0.3 is 16.8 Å². The number of urea groups is 1. The molecule has 7 N–H and O–H groups in total. The van der Waals surface area contributed by atoms with Crippen LogP contribution in [0.5, 0.6) is 0 Å². The molecule has 0 aliphatic carbocycles. The van der Waals surface area contributed by atoms with E-state index in [0.29, 0.717) is 0 Å². The van der Waals surface area contributed by atoms with Gasteiger partial charge in [0.1, 0.15) is 4.90 Å². The Hall–Kier alpha value is -3.10. The molecule has 0 fully saturated rings. The summed E-state index contributed by atoms with van der Waals surface area (Å²) in [5, 5.41) is 9.51. The van der Waals surface area contributed by atoms with Crippen molar-refractivity contribution in [3.05, 3.63) is 66.7 Å². The normalized spacial score (nSPS) is 10.6. The molecule has 25 heavy (non-hydrogen) atoms. The molecule has 0 unspecified atom stereocenters. The van der Waals surface area contributed by atoms with Gasteiger partial charge in [0.15, 0.2) is 0 Å². The molecule has 0 aliphatic rings. The summed E-state index contributed by atoms with van der Waals surface area (Å²) in [5.74, 6) is 0. The van der Waals surface area contributed by atoms with Crippen LogP contribution in [0.1, 0.15) is 0 Å². The molecule has 0 saturated heterocycles. The summed E-state index contributed by atoms with van der Waals surface area (Å²) in [7, 11) is -3.66. The van der Waals surface area contributed by atoms with Gasteiger partial charge in [-0.1, -0.05) is 48.5 Å². The Balaban J connectivity index is 0.000000186. The van der Waals surface area contributed by atoms with Gasteiger partial charge in [-0.2, -0.15) is 0 Å². The molecule has 0 spiro atoms. The number of amides is 2. The molecule has 0 atom stereocenters. The van der Waals surface area contributed by atoms with Crippen molar-refractivity contribution in [2.75, 3.05) is 11.1 Å². The van der Waals surface area contributed by atoms with E-state index in [1.807, 2.05) is 42.5 Å². The number of nitrogens with two attached hydrogens (primary N) is 3. The van der Waals surface area contributed by atoms with E-state index in [9.17, 15) is 13.2 Å². The van der Waals surface area contributed by atoms with E-state index in [-0.39, 0.29) is 10.6 Å². The number of carbonyl (C=O) groups is 1. The number of benzene rings is 3. The zero-order valence-electron chi connectivity index (χ0n) is 13.2. The maximum absolute atomic E-state index is 10.8. The SMILES string of the molecule is NC(=O)Nc1cccc2ccccc12.Nc1ccccc1S(N)(=O)=O. The monoisotopic (exact) mass is 358 g/mol. The van der Waals surface area contributed by atoms with Gasteiger partial charge >= 0.3 is 6.03 Å². The maximum Gasteiger partial charge on any atom is 0.316 e. The lowest BCUT2D eigenvalue weighted by molar-refractivity contribution is 0.259. The fraction of sp³-hybridized carbons (Fsp3) is 0. The standard InChI is InChI=1S/C11H10N2O.C6H8N2O2S/c12-11(14)13-10-7-3-5-8-4-1-2-6-9(8)10;7-5-3-1-2-4-6(5)11(8,9)10/h1-7H,(H3,12,13,14);1-4H,7H2,(H2,8,9,10). The second-order valence-corrected chi connectivity index (χ2v) is 6.63. The minimum absolute atomic E-state index is 0.0278. The summed E-state index contributed by atoms with van der Waals surface area (Å²) < 4.78 is 21.5. The van der Waals surface area contributed by atoms with Gasteiger partial charge in [0, 0.05) is 5.39 Å². The largest absolute Gasteiger partial charge is 0.398 e. The fourth-order valence-corrected chi connectivity index (χ4v) is 2.87. The van der Waals surface area contributed by atoms with Crippen molar-refractivity contribution in [1.29, 1.82) is 0 Å². The first-order valence-corrected chi connectivity index (χ1v) is 8.75. The summed E-state index contributed by atoms with van der Waals surface area (Å²) >= 11 is 0. The Morgan fingerprint density at radius 3 is 2.08 bits per heavy atom. The molecule has 2 amide bonds. The van der Waals surface area contributed by atoms with Gasteiger partial charge in [0.25, 0.3) is 0 Å². The van der Waals surface area contributed by atoms with Crippen LogP contribution in [-0.4, -0.2) is 14.4 Å². The molecule has 0 heterocycles. The van der Waals surface area contributed by atoms with E-state index in [2.05, 4.69) is 5.32 Å². The van der Waals surface area contributed by atoms with Crippen LogP contribution in [0.4, 0.5) is 16.2 Å². The van der Waals surface area contributed by atoms with E-state index < -0.39 is 16.1 Å². The number of primary amides is 1. The predicted octanol–water partition coefficient (Wildman–Crippen LogP) is 2.25. The maximum atomic E-state index is 10.8. The zero-order chi connectivity index (χ0) is 18.4. The van der Waals surface area contributed by atoms with E-state index >= 15 is 0 Å². The fourth-order valence-electron chi connectivity index (χ4n) is 2.21. The van der Waals surface area contributed by atoms with Crippen LogP contribution in [0.3, 0.4) is 0 Å². The van der Waals surface area contributed by atoms with Crippen LogP contribution < -0.4 is 21.9 Å². The van der Waals surface area contributed by atoms with Crippen molar-refractivity contribution in [2.45, 2.75) is 4.90 Å². The predicted molar refractivity (Wildman–Crippen MR) is 99.4 cm³/mol. The number of carbonyl (C=O) groups excluding carboxylic acids is 1. The van der Waals surface area contributed by atoms with Gasteiger partial charge in [-0.3, -0.25) is 0 Å². The van der Waals surface area contributed by atoms with E-state index in [4.69, 9.17) is 16.6 Å². The number of fused-ring (bicyclic) bond motifs is 1. The minimum atomic E-state index is -3.66. The number of sulfonamides is 1. The number of nitrogen functional groups attached to an aromatic ring is 1. The number of para-hydroxylation sites is 1. The number of rotatable bonds is 2. The molecule has 0 aliphatic heterocycles. The highest BCUT2D eigenvalue weighted by Crippen LogP contribution is 2.22. The first kappa shape index (κ1) is 18.2. The van der Waals surface area contributed by atoms with Gasteiger partial charge in [0.05, 0.1) is 11.4 Å². The van der Waals surface area contributed by atoms with Gasteiger partial charge in [-0.05, 0) is 23.6 Å². The van der Waals surface area contributed by atoms with Crippen LogP contribution in [0.25, 0.3) is 10.8 Å². The summed E-state index contributed by atoms with van der Waals surface area (Å²) in [6.07, 6.45) is 0. The van der Waals surface area contributed by atoms with Crippen molar-refractivity contribution in [1.82, 2.24) is 0 Å². The van der Waals surface area contributed by atoms with Crippen LogP contribution in [0, 0.1) is 0 Å². The molecule has 0 saturated carbocycles. The zero-order valence-corrected chi connectivity index (χ0v) is 14.0. The second-order valence-electron chi connectivity index (χ2n) is 5.10. The molecule has 3 rings (SSSR count). The molecule has 0 bridgehead atoms. The number of hydrogen-bond acceptors (Lipinski definition) is 4. The van der Waals surface area contributed by atoms with Crippen LogP contribution >= 0.6 is 0 Å². The topological polar surface area (TPSA) is 141 Å². The van der Waals surface area contributed by atoms with Gasteiger partial charge in [-0.25, -0.2) is 18.4 Å². The quantitative estimate of drug-likeness (QED) is 0.521. The van der Waals surface area contributed by atoms with Crippen LogP contribution in [0.15, 0.2) is 71.6 Å². The Morgan fingerprint density at radius 1 is 0.880 bits per heavy atom. The van der Waals surface area contributed by atoms with Crippen molar-refractivity contribution < 1.29 is 13.2 Å². The molecule has 0 aromatic heterocycles. The highest BCUT2D eigenvalue weighted by molar-refractivity contribution is 7.89. The molecule has 0 radical (unpaired) electrons. The van der Waals surface area contributed by atoms with Crippen molar-refractivity contribution in [3.8, 4) is 0 Å². The van der Waals surface area contributed by atoms with Crippen LogP contribution in [-0.2, 0) is 10.0 Å². The first-order valence-electron chi connectivity index (χ1n) is 7.20. The molecular formula is C17H18N4O3S. The molecule has 8 heteroatoms. The van der Waals surface area contributed by atoms with Crippen molar-refractivity contribution in [3.63, 3.8) is 0 Å². The van der Waals surface area contributed by atoms with E-state index in [0.717, 1.165) is 16.5 Å². The van der Waals surface area contributed by atoms with Crippen molar-refractivity contribution >= 4 is 38.2 Å². The lowest BCUT2D eigenvalue weighted by atomic mass is 10.1. The minimum Gasteiger partial charge on any atom is -0.398 e. The molecular weight excluding hydrogens is 340 g/mol. The molecule has 3 aromatic rings. The average molecular weight is 358 g/mol. The summed E-state index contributed by atoms with van der Waals surface area (Å²) in [6.45, 7) is 0. The highest BCUT2D eigenvalue weighted by Gasteiger charge is 2.09. The van der Waals surface area contributed by atoms with E-state index in [1.165, 1.54) is 12.1 Å². The number of nitrogens with one attached hydrogen (secondary N) is 1. The average Bonchev–Trinajstić information content (AvgIpc) is 2.55. The van der Waals surface area contributed by atoms with Crippen molar-refractivity contribution in [2.24, 2.45) is 10.9 Å². The third-order valence-corrected chi connectivity index (χ3v) is 4.26. The Bertz CT molecular complexity index is 998. The Labute approximate surface area is 145 Å². The summed E-state index contributed by atoms with van der Waals surface area (Å²) in [4.78, 5) is 10.7. The second kappa shape index (κ2) is 7.65. The molecule has 7 nitrogen and oxygen atoms in total. The number of anilines is 2. The van der Waals surface area contributed by atoms with Gasteiger partial charge in [0.2, 0.25) is 10.0 Å². The van der Waals surface area contributed by atoms with Crippen LogP contribution in [0.2, 0.25) is 0 Å².